The SMILES string of the molecule is COc1ccc(C(C)NC(=O)CN(Cc2ccccc2)S(=O)(=O)c2ccc(OC)c(OC)c2)cc1. The van der Waals surface area contributed by atoms with E-state index in [4.69, 9.17) is 14.2 Å². The van der Waals surface area contributed by atoms with Crippen LogP contribution in [0.5, 0.6) is 17.2 Å². The third kappa shape index (κ3) is 6.52. The zero-order valence-corrected chi connectivity index (χ0v) is 21.0. The van der Waals surface area contributed by atoms with Crippen molar-refractivity contribution in [2.75, 3.05) is 27.9 Å². The summed E-state index contributed by atoms with van der Waals surface area (Å²) in [5.74, 6) is 0.980. The van der Waals surface area contributed by atoms with Gasteiger partial charge in [-0.05, 0) is 42.3 Å². The zero-order valence-electron chi connectivity index (χ0n) is 20.2. The number of carbonyl (C=O) groups is 1. The first-order chi connectivity index (χ1) is 16.8. The van der Waals surface area contributed by atoms with E-state index in [0.717, 1.165) is 15.4 Å². The molecule has 0 aromatic heterocycles. The van der Waals surface area contributed by atoms with Crippen molar-refractivity contribution < 1.29 is 27.4 Å². The number of rotatable bonds is 11. The molecule has 1 amide bonds. The van der Waals surface area contributed by atoms with Crippen LogP contribution >= 0.6 is 0 Å². The van der Waals surface area contributed by atoms with E-state index in [1.807, 2.05) is 49.4 Å². The van der Waals surface area contributed by atoms with Gasteiger partial charge in [-0.2, -0.15) is 4.31 Å². The fourth-order valence-corrected chi connectivity index (χ4v) is 4.96. The van der Waals surface area contributed by atoms with Gasteiger partial charge >= 0.3 is 0 Å². The van der Waals surface area contributed by atoms with E-state index in [9.17, 15) is 13.2 Å². The van der Waals surface area contributed by atoms with Crippen molar-refractivity contribution >= 4 is 15.9 Å². The number of ether oxygens (including phenoxy) is 3. The van der Waals surface area contributed by atoms with Crippen molar-refractivity contribution in [1.82, 2.24) is 9.62 Å². The normalized spacial score (nSPS) is 12.1. The van der Waals surface area contributed by atoms with Gasteiger partial charge in [0.05, 0.1) is 38.8 Å². The predicted octanol–water partition coefficient (Wildman–Crippen LogP) is 3.78. The summed E-state index contributed by atoms with van der Waals surface area (Å²) in [6, 6.07) is 20.5. The summed E-state index contributed by atoms with van der Waals surface area (Å²) in [7, 11) is 0.452. The third-order valence-corrected chi connectivity index (χ3v) is 7.30. The summed E-state index contributed by atoms with van der Waals surface area (Å²) in [4.78, 5) is 13.0. The molecule has 186 valence electrons. The Hall–Kier alpha value is -3.56. The second-order valence-corrected chi connectivity index (χ2v) is 9.78. The maximum Gasteiger partial charge on any atom is 0.243 e. The molecule has 0 spiro atoms. The molecule has 0 bridgehead atoms. The van der Waals surface area contributed by atoms with Gasteiger partial charge in [-0.15, -0.1) is 0 Å². The van der Waals surface area contributed by atoms with Crippen LogP contribution in [-0.4, -0.2) is 46.5 Å². The summed E-state index contributed by atoms with van der Waals surface area (Å²) in [6.45, 7) is 1.51. The molecule has 1 atom stereocenters. The van der Waals surface area contributed by atoms with E-state index in [0.29, 0.717) is 11.5 Å². The second kappa shape index (κ2) is 11.7. The summed E-state index contributed by atoms with van der Waals surface area (Å²) >= 11 is 0. The fourth-order valence-electron chi connectivity index (χ4n) is 3.56. The predicted molar refractivity (Wildman–Crippen MR) is 133 cm³/mol. The molecule has 0 aliphatic rings. The van der Waals surface area contributed by atoms with Crippen LogP contribution < -0.4 is 19.5 Å². The number of amides is 1. The maximum atomic E-state index is 13.6. The number of sulfonamides is 1. The van der Waals surface area contributed by atoms with Crippen molar-refractivity contribution in [2.45, 2.75) is 24.4 Å². The molecule has 1 N–H and O–H groups in total. The number of hydrogen-bond acceptors (Lipinski definition) is 6. The molecule has 0 fully saturated rings. The van der Waals surface area contributed by atoms with E-state index in [1.165, 1.54) is 32.4 Å². The van der Waals surface area contributed by atoms with E-state index in [-0.39, 0.29) is 29.8 Å². The molecule has 8 nitrogen and oxygen atoms in total. The maximum absolute atomic E-state index is 13.6. The molecule has 3 rings (SSSR count). The van der Waals surface area contributed by atoms with E-state index in [2.05, 4.69) is 5.32 Å². The lowest BCUT2D eigenvalue weighted by molar-refractivity contribution is -0.122. The molecule has 0 radical (unpaired) electrons. The van der Waals surface area contributed by atoms with Crippen LogP contribution in [0.3, 0.4) is 0 Å². The molecule has 0 aliphatic carbocycles. The molecule has 3 aromatic rings. The Labute approximate surface area is 206 Å². The number of benzene rings is 3. The Morgan fingerprint density at radius 1 is 0.886 bits per heavy atom. The van der Waals surface area contributed by atoms with Gasteiger partial charge < -0.3 is 19.5 Å². The number of nitrogens with zero attached hydrogens (tertiary/aromatic N) is 1. The van der Waals surface area contributed by atoms with Crippen molar-refractivity contribution in [2.24, 2.45) is 0 Å². The minimum absolute atomic E-state index is 0.00193. The average Bonchev–Trinajstić information content (AvgIpc) is 2.88. The molecule has 0 heterocycles. The van der Waals surface area contributed by atoms with Gasteiger partial charge in [0.1, 0.15) is 5.75 Å². The molecule has 0 aliphatic heterocycles. The first kappa shape index (κ1) is 26.1. The van der Waals surface area contributed by atoms with Crippen LogP contribution in [-0.2, 0) is 21.4 Å². The average molecular weight is 499 g/mol. The van der Waals surface area contributed by atoms with Gasteiger partial charge in [0.15, 0.2) is 11.5 Å². The van der Waals surface area contributed by atoms with Crippen LogP contribution in [0, 0.1) is 0 Å². The van der Waals surface area contributed by atoms with Crippen molar-refractivity contribution in [3.63, 3.8) is 0 Å². The number of hydrogen-bond donors (Lipinski definition) is 1. The first-order valence-electron chi connectivity index (χ1n) is 11.0. The highest BCUT2D eigenvalue weighted by Gasteiger charge is 2.28. The molecule has 3 aromatic carbocycles. The van der Waals surface area contributed by atoms with Gasteiger partial charge in [-0.3, -0.25) is 4.79 Å². The minimum atomic E-state index is -4.04. The number of methoxy groups -OCH3 is 3. The van der Waals surface area contributed by atoms with Gasteiger partial charge in [-0.25, -0.2) is 8.42 Å². The smallest absolute Gasteiger partial charge is 0.243 e. The lowest BCUT2D eigenvalue weighted by Gasteiger charge is -2.24. The second-order valence-electron chi connectivity index (χ2n) is 7.84. The lowest BCUT2D eigenvalue weighted by Crippen LogP contribution is -2.41. The lowest BCUT2D eigenvalue weighted by atomic mass is 10.1. The summed E-state index contributed by atoms with van der Waals surface area (Å²) in [5.41, 5.74) is 1.63. The monoisotopic (exact) mass is 498 g/mol. The Bertz CT molecular complexity index is 1230. The highest BCUT2D eigenvalue weighted by molar-refractivity contribution is 7.89. The first-order valence-corrected chi connectivity index (χ1v) is 12.4. The quantitative estimate of drug-likeness (QED) is 0.432. The van der Waals surface area contributed by atoms with Crippen molar-refractivity contribution in [3.05, 3.63) is 83.9 Å². The van der Waals surface area contributed by atoms with Gasteiger partial charge in [0, 0.05) is 12.6 Å². The molecule has 1 unspecified atom stereocenters. The highest BCUT2D eigenvalue weighted by Crippen LogP contribution is 2.31. The molecular weight excluding hydrogens is 468 g/mol. The van der Waals surface area contributed by atoms with Gasteiger partial charge in [0.2, 0.25) is 15.9 Å². The molecule has 0 saturated heterocycles. The summed E-state index contributed by atoms with van der Waals surface area (Å²) in [6.07, 6.45) is 0. The standard InChI is InChI=1S/C26H30N2O6S/c1-19(21-10-12-22(32-2)13-11-21)27-26(29)18-28(17-20-8-6-5-7-9-20)35(30,31)23-14-15-24(33-3)25(16-23)34-4/h5-16,19H,17-18H2,1-4H3,(H,27,29). The molecule has 35 heavy (non-hydrogen) atoms. The minimum Gasteiger partial charge on any atom is -0.497 e. The van der Waals surface area contributed by atoms with Crippen LogP contribution in [0.1, 0.15) is 24.1 Å². The Kier molecular flexibility index (Phi) is 8.73. The van der Waals surface area contributed by atoms with Gasteiger partial charge in [-0.1, -0.05) is 42.5 Å². The Morgan fingerprint density at radius 2 is 1.54 bits per heavy atom. The van der Waals surface area contributed by atoms with Crippen LogP contribution in [0.25, 0.3) is 0 Å². The zero-order chi connectivity index (χ0) is 25.4. The van der Waals surface area contributed by atoms with E-state index < -0.39 is 15.9 Å². The van der Waals surface area contributed by atoms with Crippen molar-refractivity contribution in [1.29, 1.82) is 0 Å². The Morgan fingerprint density at radius 3 is 2.14 bits per heavy atom. The Balaban J connectivity index is 1.85. The molecular formula is C26H30N2O6S. The number of nitrogens with one attached hydrogen (secondary N) is 1. The molecule has 9 heteroatoms. The molecule has 0 saturated carbocycles. The number of carbonyl (C=O) groups excluding carboxylic acids is 1. The topological polar surface area (TPSA) is 94.2 Å². The van der Waals surface area contributed by atoms with Crippen LogP contribution in [0.15, 0.2) is 77.7 Å². The summed E-state index contributed by atoms with van der Waals surface area (Å²) in [5, 5.41) is 2.88. The van der Waals surface area contributed by atoms with E-state index in [1.54, 1.807) is 19.2 Å². The summed E-state index contributed by atoms with van der Waals surface area (Å²) < 4.78 is 44.0. The van der Waals surface area contributed by atoms with Crippen LogP contribution in [0.4, 0.5) is 0 Å². The van der Waals surface area contributed by atoms with Crippen LogP contribution in [0.2, 0.25) is 0 Å². The highest BCUT2D eigenvalue weighted by atomic mass is 32.2. The van der Waals surface area contributed by atoms with Crippen molar-refractivity contribution in [3.8, 4) is 17.2 Å². The van der Waals surface area contributed by atoms with E-state index >= 15 is 0 Å². The van der Waals surface area contributed by atoms with Gasteiger partial charge in [0.25, 0.3) is 0 Å². The largest absolute Gasteiger partial charge is 0.497 e. The fraction of sp³-hybridized carbons (Fsp3) is 0.269. The third-order valence-electron chi connectivity index (χ3n) is 5.51.